The molecule has 2 aromatic rings. The Labute approximate surface area is 227 Å². The van der Waals surface area contributed by atoms with E-state index in [9.17, 15) is 53.9 Å². The lowest BCUT2D eigenvalue weighted by atomic mass is 10.0. The molecule has 17 heteroatoms. The maximum absolute atomic E-state index is 13.0. The monoisotopic (exact) mass is 601 g/mol. The lowest BCUT2D eigenvalue weighted by Gasteiger charge is -2.37. The smallest absolute Gasteiger partial charge is 0.373 e. The van der Waals surface area contributed by atoms with Crippen LogP contribution in [0.1, 0.15) is 19.4 Å². The number of nitrogens with zero attached hydrogens (tertiary/aromatic N) is 4. The maximum atomic E-state index is 13.0. The van der Waals surface area contributed by atoms with Gasteiger partial charge in [0.05, 0.1) is 5.56 Å². The summed E-state index contributed by atoms with van der Waals surface area (Å²) in [6.07, 6.45) is -12.6. The number of nitrogens with one attached hydrogen (secondary N) is 1. The van der Waals surface area contributed by atoms with Gasteiger partial charge in [0.15, 0.2) is 0 Å². The molecular weight excluding hydrogens is 577 g/mol. The summed E-state index contributed by atoms with van der Waals surface area (Å²) in [7, 11) is 0. The Morgan fingerprint density at radius 1 is 0.780 bits per heavy atom. The summed E-state index contributed by atoms with van der Waals surface area (Å²) in [5, 5.41) is 3.10. The number of rotatable bonds is 6. The average Bonchev–Trinajstić information content (AvgIpc) is 2.90. The van der Waals surface area contributed by atoms with Gasteiger partial charge in [-0.1, -0.05) is 13.8 Å². The Morgan fingerprint density at radius 2 is 1.24 bits per heavy atom. The molecule has 2 heterocycles. The highest BCUT2D eigenvalue weighted by atomic mass is 19.4. The molecule has 1 aliphatic rings. The van der Waals surface area contributed by atoms with Gasteiger partial charge in [-0.25, -0.2) is 9.97 Å². The minimum Gasteiger partial charge on any atom is -0.373 e. The number of hydrogen-bond donors (Lipinski definition) is 1. The zero-order valence-electron chi connectivity index (χ0n) is 21.4. The second-order valence-corrected chi connectivity index (χ2v) is 8.96. The minimum absolute atomic E-state index is 0.0275. The van der Waals surface area contributed by atoms with Crippen molar-refractivity contribution in [3.05, 3.63) is 48.3 Å². The van der Waals surface area contributed by atoms with Crippen molar-refractivity contribution in [3.8, 4) is 0 Å². The second-order valence-electron chi connectivity index (χ2n) is 8.96. The molecule has 41 heavy (non-hydrogen) atoms. The quantitative estimate of drug-likeness (QED) is 0.384. The van der Waals surface area contributed by atoms with E-state index in [1.165, 1.54) is 12.1 Å². The molecule has 1 N–H and O–H groups in total. The van der Waals surface area contributed by atoms with Crippen LogP contribution in [0.3, 0.4) is 0 Å². The molecule has 0 aliphatic carbocycles. The zero-order chi connectivity index (χ0) is 31.2. The van der Waals surface area contributed by atoms with Gasteiger partial charge in [-0.05, 0) is 36.2 Å². The van der Waals surface area contributed by atoms with Crippen LogP contribution < -0.4 is 10.2 Å². The highest BCUT2D eigenvalue weighted by Gasteiger charge is 2.54. The van der Waals surface area contributed by atoms with Gasteiger partial charge in [-0.15, -0.1) is 0 Å². The number of Topliss-reactive ketones (excluding diaryl/α,β-unsaturated/α-hetero) is 2. The van der Waals surface area contributed by atoms with E-state index in [1.807, 2.05) is 18.7 Å². The zero-order valence-corrected chi connectivity index (χ0v) is 21.4. The number of carbonyl (C=O) groups is 3. The lowest BCUT2D eigenvalue weighted by Crippen LogP contribution is -2.54. The molecule has 1 aromatic heterocycles. The van der Waals surface area contributed by atoms with Crippen LogP contribution in [0.15, 0.2) is 42.7 Å². The van der Waals surface area contributed by atoms with Crippen molar-refractivity contribution < 1.29 is 53.9 Å². The predicted molar refractivity (Wildman–Crippen MR) is 127 cm³/mol. The van der Waals surface area contributed by atoms with Gasteiger partial charge in [0, 0.05) is 44.3 Å². The molecule has 0 unspecified atom stereocenters. The van der Waals surface area contributed by atoms with Gasteiger partial charge < -0.3 is 15.1 Å². The van der Waals surface area contributed by atoms with E-state index >= 15 is 0 Å². The molecule has 1 amide bonds. The van der Waals surface area contributed by atoms with Crippen molar-refractivity contribution in [2.45, 2.75) is 38.4 Å². The van der Waals surface area contributed by atoms with Crippen LogP contribution >= 0.6 is 0 Å². The number of ketones is 2. The van der Waals surface area contributed by atoms with Crippen molar-refractivity contribution in [1.29, 1.82) is 0 Å². The maximum Gasteiger partial charge on any atom is 0.458 e. The van der Waals surface area contributed by atoms with E-state index in [4.69, 9.17) is 0 Å². The fourth-order valence-corrected chi connectivity index (χ4v) is 3.48. The molecule has 1 saturated heterocycles. The standard InChI is InChI=1S/C20H24F3N5O.C4F6O2/c1-14(2)17(26-16-6-4-15(5-7-16)20(21,22)23)18(29)27-10-12-28(13-11-27)19-24-8-3-9-25-19;5-3(6,7)1(11)2(12)4(8,9)10/h3-9,14,17,26H,10-13H2,1-2H3;/t17-;/m1./s1. The number of halogens is 9. The Hall–Kier alpha value is -3.92. The Morgan fingerprint density at radius 3 is 1.63 bits per heavy atom. The molecule has 226 valence electrons. The number of amides is 1. The summed E-state index contributed by atoms with van der Waals surface area (Å²) < 4.78 is 105. The molecule has 3 rings (SSSR count). The second kappa shape index (κ2) is 13.2. The van der Waals surface area contributed by atoms with Crippen LogP contribution in [0, 0.1) is 5.92 Å². The molecule has 1 aliphatic heterocycles. The van der Waals surface area contributed by atoms with Gasteiger partial charge in [0.2, 0.25) is 11.9 Å². The number of piperazine rings is 1. The van der Waals surface area contributed by atoms with Crippen molar-refractivity contribution in [2.24, 2.45) is 5.92 Å². The lowest BCUT2D eigenvalue weighted by molar-refractivity contribution is -0.193. The first-order valence-electron chi connectivity index (χ1n) is 11.8. The van der Waals surface area contributed by atoms with Gasteiger partial charge in [-0.2, -0.15) is 39.5 Å². The molecule has 1 atom stereocenters. The van der Waals surface area contributed by atoms with Gasteiger partial charge in [0.1, 0.15) is 6.04 Å². The summed E-state index contributed by atoms with van der Waals surface area (Å²) in [5.41, 5.74) is -0.226. The molecule has 1 fully saturated rings. The fourth-order valence-electron chi connectivity index (χ4n) is 3.48. The van der Waals surface area contributed by atoms with Crippen molar-refractivity contribution >= 4 is 29.1 Å². The normalized spacial score (nSPS) is 15.1. The van der Waals surface area contributed by atoms with Crippen molar-refractivity contribution in [2.75, 3.05) is 36.4 Å². The van der Waals surface area contributed by atoms with E-state index < -0.39 is 41.7 Å². The number of benzene rings is 1. The molecule has 0 bridgehead atoms. The first-order chi connectivity index (χ1) is 18.8. The Kier molecular flexibility index (Phi) is 10.7. The van der Waals surface area contributed by atoms with Crippen LogP contribution in [0.5, 0.6) is 0 Å². The summed E-state index contributed by atoms with van der Waals surface area (Å²) in [5.74, 6) is -6.26. The summed E-state index contributed by atoms with van der Waals surface area (Å²) >= 11 is 0. The minimum atomic E-state index is -5.77. The number of hydrogen-bond acceptors (Lipinski definition) is 7. The summed E-state index contributed by atoms with van der Waals surface area (Å²) in [6.45, 7) is 6.15. The van der Waals surface area contributed by atoms with Crippen molar-refractivity contribution in [1.82, 2.24) is 14.9 Å². The van der Waals surface area contributed by atoms with Crippen LogP contribution in [0.4, 0.5) is 51.1 Å². The van der Waals surface area contributed by atoms with Gasteiger partial charge >= 0.3 is 30.1 Å². The Bertz CT molecular complexity index is 1150. The van der Waals surface area contributed by atoms with Crippen LogP contribution in [-0.4, -0.2) is 76.9 Å². The molecule has 0 radical (unpaired) electrons. The van der Waals surface area contributed by atoms with Gasteiger partial charge in [-0.3, -0.25) is 14.4 Å². The van der Waals surface area contributed by atoms with Crippen LogP contribution in [-0.2, 0) is 20.6 Å². The number of alkyl halides is 9. The highest BCUT2D eigenvalue weighted by Crippen LogP contribution is 2.30. The largest absolute Gasteiger partial charge is 0.458 e. The highest BCUT2D eigenvalue weighted by molar-refractivity contribution is 6.41. The van der Waals surface area contributed by atoms with E-state index in [2.05, 4.69) is 15.3 Å². The summed E-state index contributed by atoms with van der Waals surface area (Å²) in [6, 6.07) is 5.98. The van der Waals surface area contributed by atoms with Crippen LogP contribution in [0.25, 0.3) is 0 Å². The van der Waals surface area contributed by atoms with E-state index in [0.717, 1.165) is 12.1 Å². The van der Waals surface area contributed by atoms with E-state index in [0.29, 0.717) is 37.8 Å². The number of carbonyl (C=O) groups excluding carboxylic acids is 3. The first-order valence-corrected chi connectivity index (χ1v) is 11.8. The molecule has 0 saturated carbocycles. The molecule has 8 nitrogen and oxygen atoms in total. The molecule has 1 aromatic carbocycles. The van der Waals surface area contributed by atoms with Gasteiger partial charge in [0.25, 0.3) is 0 Å². The third kappa shape index (κ3) is 9.60. The number of aromatic nitrogens is 2. The number of anilines is 2. The molecular formula is C24H24F9N5O3. The summed E-state index contributed by atoms with van der Waals surface area (Å²) in [4.78, 5) is 44.6. The fraction of sp³-hybridized carbons (Fsp3) is 0.458. The average molecular weight is 601 g/mol. The van der Waals surface area contributed by atoms with E-state index in [1.54, 1.807) is 23.4 Å². The topological polar surface area (TPSA) is 95.5 Å². The third-order valence-corrected chi connectivity index (χ3v) is 5.61. The van der Waals surface area contributed by atoms with Crippen LogP contribution in [0.2, 0.25) is 0 Å². The van der Waals surface area contributed by atoms with Crippen molar-refractivity contribution in [3.63, 3.8) is 0 Å². The molecule has 0 spiro atoms. The predicted octanol–water partition coefficient (Wildman–Crippen LogP) is 4.53. The SMILES string of the molecule is CC(C)[C@@H](Nc1ccc(C(F)(F)F)cc1)C(=O)N1CCN(c2ncccn2)CC1.O=C(C(=O)C(F)(F)F)C(F)(F)F. The Balaban J connectivity index is 0.000000415. The third-order valence-electron chi connectivity index (χ3n) is 5.61. The first kappa shape index (κ1) is 33.3. The van der Waals surface area contributed by atoms with E-state index in [-0.39, 0.29) is 11.8 Å².